The molecule has 74 valence electrons. The quantitative estimate of drug-likeness (QED) is 0.568. The monoisotopic (exact) mass is 180 g/mol. The van der Waals surface area contributed by atoms with Crippen LogP contribution in [0.15, 0.2) is 11.6 Å². The van der Waals surface area contributed by atoms with Gasteiger partial charge in [-0.25, -0.2) is 0 Å². The van der Waals surface area contributed by atoms with Crippen molar-refractivity contribution in [3.8, 4) is 0 Å². The molecule has 0 aromatic carbocycles. The first-order valence-corrected chi connectivity index (χ1v) is 5.13. The van der Waals surface area contributed by atoms with Crippen LogP contribution in [-0.4, -0.2) is 11.2 Å². The molecule has 13 heavy (non-hydrogen) atoms. The second kappa shape index (κ2) is 2.03. The van der Waals surface area contributed by atoms with Crippen molar-refractivity contribution in [3.63, 3.8) is 0 Å². The Labute approximate surface area is 80.8 Å². The summed E-state index contributed by atoms with van der Waals surface area (Å²) < 4.78 is 0. The van der Waals surface area contributed by atoms with Crippen LogP contribution < -0.4 is 0 Å². The Bertz CT molecular complexity index is 289. The van der Waals surface area contributed by atoms with E-state index in [9.17, 15) is 5.11 Å². The van der Waals surface area contributed by atoms with E-state index in [4.69, 9.17) is 0 Å². The lowest BCUT2D eigenvalue weighted by atomic mass is 9.33. The smallest absolute Gasteiger partial charge is 0.0782 e. The van der Waals surface area contributed by atoms with Crippen LogP contribution in [0.3, 0.4) is 0 Å². The summed E-state index contributed by atoms with van der Waals surface area (Å²) in [7, 11) is 0. The second-order valence-corrected chi connectivity index (χ2v) is 5.85. The maximum Gasteiger partial charge on any atom is 0.0782 e. The van der Waals surface area contributed by atoms with Crippen LogP contribution in [0, 0.1) is 16.2 Å². The highest BCUT2D eigenvalue weighted by atomic mass is 16.3. The van der Waals surface area contributed by atoms with Crippen molar-refractivity contribution in [2.24, 2.45) is 16.2 Å². The molecular formula is C12H20O. The van der Waals surface area contributed by atoms with Gasteiger partial charge in [0.1, 0.15) is 0 Å². The molecule has 3 atom stereocenters. The van der Waals surface area contributed by atoms with E-state index >= 15 is 0 Å². The van der Waals surface area contributed by atoms with Crippen LogP contribution in [0.4, 0.5) is 0 Å². The molecule has 1 N–H and O–H groups in total. The van der Waals surface area contributed by atoms with E-state index in [1.807, 2.05) is 0 Å². The minimum atomic E-state index is -0.246. The van der Waals surface area contributed by atoms with Gasteiger partial charge in [0.2, 0.25) is 0 Å². The van der Waals surface area contributed by atoms with E-state index in [0.29, 0.717) is 5.41 Å². The standard InChI is InChI=1S/C12H20O/c1-8-6-9(13)12(5)7-11(8,4)10(12,2)3/h6,9,13H,7H2,1-5H3/t9-,11+,12-/m0/s1. The molecule has 1 saturated carbocycles. The van der Waals surface area contributed by atoms with Gasteiger partial charge in [-0.15, -0.1) is 0 Å². The molecule has 0 unspecified atom stereocenters. The zero-order chi connectivity index (χ0) is 10.1. The molecule has 3 aliphatic carbocycles. The summed E-state index contributed by atoms with van der Waals surface area (Å²) in [6, 6.07) is 0. The predicted molar refractivity (Wildman–Crippen MR) is 54.4 cm³/mol. The van der Waals surface area contributed by atoms with E-state index in [1.54, 1.807) is 0 Å². The van der Waals surface area contributed by atoms with Gasteiger partial charge in [-0.2, -0.15) is 0 Å². The van der Waals surface area contributed by atoms with Crippen LogP contribution in [0.5, 0.6) is 0 Å². The summed E-state index contributed by atoms with van der Waals surface area (Å²) in [5, 5.41) is 10.0. The molecule has 3 rings (SSSR count). The summed E-state index contributed by atoms with van der Waals surface area (Å²) in [6.45, 7) is 11.3. The lowest BCUT2D eigenvalue weighted by Gasteiger charge is -2.71. The van der Waals surface area contributed by atoms with Crippen molar-refractivity contribution < 1.29 is 5.11 Å². The van der Waals surface area contributed by atoms with Gasteiger partial charge in [0.15, 0.2) is 0 Å². The molecule has 0 amide bonds. The fraction of sp³-hybridized carbons (Fsp3) is 0.833. The third-order valence-electron chi connectivity index (χ3n) is 5.46. The highest BCUT2D eigenvalue weighted by molar-refractivity contribution is 5.35. The van der Waals surface area contributed by atoms with Gasteiger partial charge in [-0.05, 0) is 24.2 Å². The van der Waals surface area contributed by atoms with Crippen LogP contribution >= 0.6 is 0 Å². The molecule has 0 saturated heterocycles. The first-order chi connectivity index (χ1) is 5.76. The number of hydrogen-bond donors (Lipinski definition) is 1. The van der Waals surface area contributed by atoms with Crippen molar-refractivity contribution in [1.29, 1.82) is 0 Å². The highest BCUT2D eigenvalue weighted by Gasteiger charge is 2.69. The number of rotatable bonds is 0. The third-order valence-corrected chi connectivity index (χ3v) is 5.46. The lowest BCUT2D eigenvalue weighted by Crippen LogP contribution is -2.67. The fourth-order valence-corrected chi connectivity index (χ4v) is 3.41. The third kappa shape index (κ3) is 0.698. The Kier molecular flexibility index (Phi) is 1.45. The molecule has 0 radical (unpaired) electrons. The topological polar surface area (TPSA) is 20.2 Å². The van der Waals surface area contributed by atoms with Gasteiger partial charge in [-0.1, -0.05) is 39.3 Å². The van der Waals surface area contributed by atoms with Gasteiger partial charge >= 0.3 is 0 Å². The fourth-order valence-electron chi connectivity index (χ4n) is 3.41. The van der Waals surface area contributed by atoms with Crippen molar-refractivity contribution in [2.45, 2.75) is 47.1 Å². The molecule has 0 heterocycles. The normalized spacial score (nSPS) is 52.5. The molecular weight excluding hydrogens is 160 g/mol. The van der Waals surface area contributed by atoms with E-state index in [2.05, 4.69) is 40.7 Å². The van der Waals surface area contributed by atoms with Crippen molar-refractivity contribution in [1.82, 2.24) is 0 Å². The second-order valence-electron chi connectivity index (χ2n) is 5.85. The first-order valence-electron chi connectivity index (χ1n) is 5.13. The Hall–Kier alpha value is -0.300. The summed E-state index contributed by atoms with van der Waals surface area (Å²) in [4.78, 5) is 0. The van der Waals surface area contributed by atoms with Gasteiger partial charge in [0.25, 0.3) is 0 Å². The number of aliphatic hydroxyl groups is 1. The summed E-state index contributed by atoms with van der Waals surface area (Å²) in [5.74, 6) is 0. The number of fused-ring (bicyclic) bond motifs is 1. The van der Waals surface area contributed by atoms with Crippen LogP contribution in [-0.2, 0) is 0 Å². The SMILES string of the molecule is CC1=C[C@H](O)[C@]2(C)C[C@@]1(C)C2(C)C. The zero-order valence-corrected chi connectivity index (χ0v) is 9.31. The molecule has 1 fully saturated rings. The van der Waals surface area contributed by atoms with Gasteiger partial charge < -0.3 is 5.11 Å². The van der Waals surface area contributed by atoms with Crippen molar-refractivity contribution in [3.05, 3.63) is 11.6 Å². The Morgan fingerprint density at radius 2 is 1.85 bits per heavy atom. The molecule has 1 heteroatoms. The summed E-state index contributed by atoms with van der Waals surface area (Å²) in [5.41, 5.74) is 2.02. The van der Waals surface area contributed by atoms with Crippen molar-refractivity contribution in [2.75, 3.05) is 0 Å². The zero-order valence-electron chi connectivity index (χ0n) is 9.31. The molecule has 0 aromatic rings. The average molecular weight is 180 g/mol. The summed E-state index contributed by atoms with van der Waals surface area (Å²) >= 11 is 0. The van der Waals surface area contributed by atoms with E-state index in [1.165, 1.54) is 5.57 Å². The largest absolute Gasteiger partial charge is 0.388 e. The number of allylic oxidation sites excluding steroid dienone is 1. The highest BCUT2D eigenvalue weighted by Crippen LogP contribution is 2.74. The average Bonchev–Trinajstić information content (AvgIpc) is 2.00. The first kappa shape index (κ1) is 9.26. The van der Waals surface area contributed by atoms with Gasteiger partial charge in [-0.3, -0.25) is 0 Å². The minimum absolute atomic E-state index is 0.0985. The minimum Gasteiger partial charge on any atom is -0.388 e. The molecule has 3 aliphatic rings. The Balaban J connectivity index is 2.54. The lowest BCUT2D eigenvalue weighted by molar-refractivity contribution is -0.212. The maximum absolute atomic E-state index is 10.0. The summed E-state index contributed by atoms with van der Waals surface area (Å²) in [6.07, 6.45) is 2.94. The van der Waals surface area contributed by atoms with Crippen LogP contribution in [0.2, 0.25) is 0 Å². The number of hydrogen-bond acceptors (Lipinski definition) is 1. The van der Waals surface area contributed by atoms with Gasteiger partial charge in [0, 0.05) is 5.41 Å². The maximum atomic E-state index is 10.0. The van der Waals surface area contributed by atoms with E-state index in [-0.39, 0.29) is 16.9 Å². The van der Waals surface area contributed by atoms with E-state index in [0.717, 1.165) is 6.42 Å². The van der Waals surface area contributed by atoms with Crippen molar-refractivity contribution >= 4 is 0 Å². The Morgan fingerprint density at radius 3 is 2.31 bits per heavy atom. The molecule has 0 spiro atoms. The molecule has 1 nitrogen and oxygen atoms in total. The molecule has 0 aliphatic heterocycles. The molecule has 0 aromatic heterocycles. The van der Waals surface area contributed by atoms with E-state index < -0.39 is 0 Å². The number of aliphatic hydroxyl groups excluding tert-OH is 1. The van der Waals surface area contributed by atoms with Crippen LogP contribution in [0.1, 0.15) is 41.0 Å². The molecule has 2 bridgehead atoms. The predicted octanol–water partition coefficient (Wildman–Crippen LogP) is 2.75. The Morgan fingerprint density at radius 1 is 1.31 bits per heavy atom. The van der Waals surface area contributed by atoms with Crippen LogP contribution in [0.25, 0.3) is 0 Å². The van der Waals surface area contributed by atoms with Gasteiger partial charge in [0.05, 0.1) is 6.10 Å².